The minimum atomic E-state index is -0.156. The van der Waals surface area contributed by atoms with Gasteiger partial charge in [0.2, 0.25) is 5.89 Å². The minimum absolute atomic E-state index is 0.156. The Hall–Kier alpha value is -0.940. The molecule has 0 spiro atoms. The Morgan fingerprint density at radius 1 is 1.19 bits per heavy atom. The Kier molecular flexibility index (Phi) is 6.64. The first kappa shape index (κ1) is 16.4. The lowest BCUT2D eigenvalue weighted by molar-refractivity contribution is 0.276. The van der Waals surface area contributed by atoms with Gasteiger partial charge in [0.1, 0.15) is 0 Å². The highest BCUT2D eigenvalue weighted by atomic mass is 16.5. The summed E-state index contributed by atoms with van der Waals surface area (Å²) in [5, 5.41) is 4.09. The molecule has 1 saturated carbocycles. The number of aromatic nitrogens is 2. The van der Waals surface area contributed by atoms with Crippen molar-refractivity contribution in [3.8, 4) is 0 Å². The summed E-state index contributed by atoms with van der Waals surface area (Å²) in [6.07, 6.45) is 8.94. The zero-order valence-corrected chi connectivity index (χ0v) is 13.6. The molecule has 0 saturated heterocycles. The van der Waals surface area contributed by atoms with Gasteiger partial charge in [0, 0.05) is 13.0 Å². The van der Waals surface area contributed by atoms with E-state index in [1.165, 1.54) is 38.5 Å². The topological polar surface area (TPSA) is 68.2 Å². The van der Waals surface area contributed by atoms with Crippen molar-refractivity contribution >= 4 is 0 Å². The van der Waals surface area contributed by atoms with E-state index in [1.807, 2.05) is 0 Å². The summed E-state index contributed by atoms with van der Waals surface area (Å²) < 4.78 is 5.42. The maximum atomic E-state index is 6.19. The molecule has 1 aliphatic carbocycles. The smallest absolute Gasteiger partial charge is 0.226 e. The van der Waals surface area contributed by atoms with Gasteiger partial charge in [0.25, 0.3) is 0 Å². The van der Waals surface area contributed by atoms with Gasteiger partial charge >= 0.3 is 0 Å². The van der Waals surface area contributed by atoms with Crippen LogP contribution in [-0.4, -0.2) is 34.7 Å². The molecule has 2 rings (SSSR count). The summed E-state index contributed by atoms with van der Waals surface area (Å²) in [4.78, 5) is 6.81. The van der Waals surface area contributed by atoms with E-state index in [9.17, 15) is 0 Å². The lowest BCUT2D eigenvalue weighted by Crippen LogP contribution is -2.32. The second kappa shape index (κ2) is 8.49. The van der Waals surface area contributed by atoms with Crippen molar-refractivity contribution < 1.29 is 4.52 Å². The SMILES string of the molecule is CCN(CC)CC(N)c1noc(CC2CCCCCC2)n1. The van der Waals surface area contributed by atoms with Crippen molar-refractivity contribution in [1.29, 1.82) is 0 Å². The second-order valence-corrected chi connectivity index (χ2v) is 6.20. The summed E-state index contributed by atoms with van der Waals surface area (Å²) in [6, 6.07) is -0.156. The van der Waals surface area contributed by atoms with E-state index in [0.29, 0.717) is 11.7 Å². The van der Waals surface area contributed by atoms with Crippen LogP contribution in [0, 0.1) is 5.92 Å². The lowest BCUT2D eigenvalue weighted by Gasteiger charge is -2.20. The van der Waals surface area contributed by atoms with Crippen LogP contribution in [0.1, 0.15) is 70.1 Å². The molecular formula is C16H30N4O. The van der Waals surface area contributed by atoms with Crippen LogP contribution in [0.15, 0.2) is 4.52 Å². The first-order valence-electron chi connectivity index (χ1n) is 8.53. The summed E-state index contributed by atoms with van der Waals surface area (Å²) in [5.74, 6) is 2.14. The predicted molar refractivity (Wildman–Crippen MR) is 83.9 cm³/mol. The molecule has 5 nitrogen and oxygen atoms in total. The van der Waals surface area contributed by atoms with Crippen LogP contribution in [0.2, 0.25) is 0 Å². The summed E-state index contributed by atoms with van der Waals surface area (Å²) >= 11 is 0. The molecule has 1 heterocycles. The van der Waals surface area contributed by atoms with Gasteiger partial charge in [-0.3, -0.25) is 0 Å². The third-order valence-electron chi connectivity index (χ3n) is 4.60. The Morgan fingerprint density at radius 2 is 1.86 bits per heavy atom. The third kappa shape index (κ3) is 5.08. The fourth-order valence-electron chi connectivity index (χ4n) is 3.16. The average molecular weight is 294 g/mol. The number of nitrogens with zero attached hydrogens (tertiary/aromatic N) is 3. The first-order valence-corrected chi connectivity index (χ1v) is 8.53. The predicted octanol–water partition coefficient (Wildman–Crippen LogP) is 2.92. The van der Waals surface area contributed by atoms with Crippen molar-refractivity contribution in [1.82, 2.24) is 15.0 Å². The molecule has 1 aromatic heterocycles. The quantitative estimate of drug-likeness (QED) is 0.783. The van der Waals surface area contributed by atoms with E-state index in [1.54, 1.807) is 0 Å². The molecule has 0 radical (unpaired) electrons. The molecule has 1 aromatic rings. The van der Waals surface area contributed by atoms with Crippen LogP contribution in [0.4, 0.5) is 0 Å². The number of nitrogens with two attached hydrogens (primary N) is 1. The van der Waals surface area contributed by atoms with Crippen molar-refractivity contribution in [2.24, 2.45) is 11.7 Å². The number of hydrogen-bond donors (Lipinski definition) is 1. The number of hydrogen-bond acceptors (Lipinski definition) is 5. The summed E-state index contributed by atoms with van der Waals surface area (Å²) in [6.45, 7) is 7.07. The molecule has 2 N–H and O–H groups in total. The van der Waals surface area contributed by atoms with Crippen molar-refractivity contribution in [2.45, 2.75) is 64.8 Å². The van der Waals surface area contributed by atoms with Crippen LogP contribution in [0.25, 0.3) is 0 Å². The van der Waals surface area contributed by atoms with Gasteiger partial charge in [-0.15, -0.1) is 0 Å². The Labute approximate surface area is 128 Å². The summed E-state index contributed by atoms with van der Waals surface area (Å²) in [5.41, 5.74) is 6.19. The Balaban J connectivity index is 1.87. The molecule has 0 amide bonds. The van der Waals surface area contributed by atoms with E-state index < -0.39 is 0 Å². The highest BCUT2D eigenvalue weighted by Crippen LogP contribution is 2.25. The normalized spacial score (nSPS) is 18.9. The average Bonchev–Trinajstić information content (AvgIpc) is 2.81. The molecule has 5 heteroatoms. The molecular weight excluding hydrogens is 264 g/mol. The van der Waals surface area contributed by atoms with E-state index >= 15 is 0 Å². The zero-order valence-electron chi connectivity index (χ0n) is 13.6. The fraction of sp³-hybridized carbons (Fsp3) is 0.875. The largest absolute Gasteiger partial charge is 0.339 e. The molecule has 21 heavy (non-hydrogen) atoms. The van der Waals surface area contributed by atoms with E-state index in [0.717, 1.165) is 31.9 Å². The molecule has 0 aromatic carbocycles. The number of rotatable bonds is 7. The summed E-state index contributed by atoms with van der Waals surface area (Å²) in [7, 11) is 0. The van der Waals surface area contributed by atoms with Crippen LogP contribution in [0.3, 0.4) is 0 Å². The van der Waals surface area contributed by atoms with Crippen LogP contribution in [-0.2, 0) is 6.42 Å². The highest BCUT2D eigenvalue weighted by molar-refractivity contribution is 4.95. The molecule has 0 bridgehead atoms. The molecule has 1 aliphatic rings. The van der Waals surface area contributed by atoms with Crippen molar-refractivity contribution in [3.05, 3.63) is 11.7 Å². The lowest BCUT2D eigenvalue weighted by atomic mass is 9.97. The standard InChI is InChI=1S/C16H30N4O/c1-3-20(4-2)12-14(17)16-18-15(21-19-16)11-13-9-7-5-6-8-10-13/h13-14H,3-12,17H2,1-2H3. The van der Waals surface area contributed by atoms with Crippen molar-refractivity contribution in [3.63, 3.8) is 0 Å². The monoisotopic (exact) mass is 294 g/mol. The fourth-order valence-corrected chi connectivity index (χ4v) is 3.16. The molecule has 0 aliphatic heterocycles. The van der Waals surface area contributed by atoms with Gasteiger partial charge in [-0.1, -0.05) is 44.7 Å². The van der Waals surface area contributed by atoms with Gasteiger partial charge in [0.15, 0.2) is 5.82 Å². The first-order chi connectivity index (χ1) is 10.2. The molecule has 120 valence electrons. The highest BCUT2D eigenvalue weighted by Gasteiger charge is 2.19. The molecule has 1 unspecified atom stereocenters. The minimum Gasteiger partial charge on any atom is -0.339 e. The number of likely N-dealkylation sites (N-methyl/N-ethyl adjacent to an activating group) is 1. The maximum Gasteiger partial charge on any atom is 0.226 e. The second-order valence-electron chi connectivity index (χ2n) is 6.20. The van der Waals surface area contributed by atoms with Crippen molar-refractivity contribution in [2.75, 3.05) is 19.6 Å². The van der Waals surface area contributed by atoms with Gasteiger partial charge in [-0.05, 0) is 31.8 Å². The molecule has 1 atom stereocenters. The van der Waals surface area contributed by atoms with E-state index in [4.69, 9.17) is 10.3 Å². The zero-order chi connectivity index (χ0) is 15.1. The van der Waals surface area contributed by atoms with E-state index in [-0.39, 0.29) is 6.04 Å². The van der Waals surface area contributed by atoms with Gasteiger partial charge in [0.05, 0.1) is 6.04 Å². The maximum absolute atomic E-state index is 6.19. The Bertz CT molecular complexity index is 395. The molecule has 1 fully saturated rings. The van der Waals surface area contributed by atoms with Gasteiger partial charge < -0.3 is 15.2 Å². The Morgan fingerprint density at radius 3 is 2.48 bits per heavy atom. The van der Waals surface area contributed by atoms with Crippen LogP contribution >= 0.6 is 0 Å². The van der Waals surface area contributed by atoms with Crippen LogP contribution in [0.5, 0.6) is 0 Å². The van der Waals surface area contributed by atoms with Gasteiger partial charge in [-0.2, -0.15) is 4.98 Å². The van der Waals surface area contributed by atoms with Crippen LogP contribution < -0.4 is 5.73 Å². The third-order valence-corrected chi connectivity index (χ3v) is 4.60. The van der Waals surface area contributed by atoms with Gasteiger partial charge in [-0.25, -0.2) is 0 Å². The van der Waals surface area contributed by atoms with E-state index in [2.05, 4.69) is 28.9 Å².